The van der Waals surface area contributed by atoms with Gasteiger partial charge in [-0.2, -0.15) is 0 Å². The number of thioether (sulfide) groups is 1. The molecule has 30 heavy (non-hydrogen) atoms. The zero-order valence-corrected chi connectivity index (χ0v) is 18.5. The molecule has 0 aromatic heterocycles. The molecular weight excluding hydrogens is 394 g/mol. The van der Waals surface area contributed by atoms with Crippen molar-refractivity contribution in [2.45, 2.75) is 50.3 Å². The van der Waals surface area contributed by atoms with Crippen LogP contribution in [0.4, 0.5) is 0 Å². The fourth-order valence-corrected chi connectivity index (χ4v) is 4.55. The van der Waals surface area contributed by atoms with Gasteiger partial charge in [0.15, 0.2) is 0 Å². The first-order chi connectivity index (χ1) is 14.7. The number of carbonyl (C=O) groups excluding carboxylic acids is 2. The zero-order chi connectivity index (χ0) is 21.3. The second kappa shape index (κ2) is 11.0. The van der Waals surface area contributed by atoms with Gasteiger partial charge in [-0.25, -0.2) is 0 Å². The smallest absolute Gasteiger partial charge is 0.268 e. The summed E-state index contributed by atoms with van der Waals surface area (Å²) in [6.45, 7) is 2.67. The summed E-state index contributed by atoms with van der Waals surface area (Å²) in [5, 5.41) is 0. The molecule has 0 N–H and O–H groups in total. The number of ether oxygens (including phenoxy) is 1. The molecule has 0 spiro atoms. The van der Waals surface area contributed by atoms with E-state index in [-0.39, 0.29) is 11.8 Å². The standard InChI is InChI=1S/C25H29NO3S/c1-3-4-5-6-7-11-18-26-24(27)22(19-14-16-20(29-2)17-15-19)23(25(26)28)30-21-12-9-8-10-13-21/h8-10,12-17H,3-7,11,18H2,1-2H3. The molecule has 4 nitrogen and oxygen atoms in total. The number of unbranched alkanes of at least 4 members (excludes halogenated alkanes) is 5. The molecule has 0 aliphatic carbocycles. The highest BCUT2D eigenvalue weighted by Crippen LogP contribution is 2.40. The van der Waals surface area contributed by atoms with Gasteiger partial charge in [0.05, 0.1) is 17.6 Å². The van der Waals surface area contributed by atoms with Gasteiger partial charge in [-0.15, -0.1) is 0 Å². The van der Waals surface area contributed by atoms with Crippen LogP contribution < -0.4 is 4.74 Å². The number of rotatable bonds is 11. The molecule has 5 heteroatoms. The third-order valence-corrected chi connectivity index (χ3v) is 6.29. The maximum atomic E-state index is 13.2. The summed E-state index contributed by atoms with van der Waals surface area (Å²) in [5.74, 6) is 0.336. The predicted molar refractivity (Wildman–Crippen MR) is 122 cm³/mol. The number of nitrogens with zero attached hydrogens (tertiary/aromatic N) is 1. The third kappa shape index (κ3) is 5.33. The molecule has 0 bridgehead atoms. The summed E-state index contributed by atoms with van der Waals surface area (Å²) in [5.41, 5.74) is 1.24. The number of benzene rings is 2. The summed E-state index contributed by atoms with van der Waals surface area (Å²) in [6.07, 6.45) is 6.69. The van der Waals surface area contributed by atoms with E-state index in [1.807, 2.05) is 54.6 Å². The highest BCUT2D eigenvalue weighted by molar-refractivity contribution is 8.04. The summed E-state index contributed by atoms with van der Waals surface area (Å²) < 4.78 is 5.23. The van der Waals surface area contributed by atoms with Gasteiger partial charge in [0.2, 0.25) is 0 Å². The highest BCUT2D eigenvalue weighted by Gasteiger charge is 2.39. The Morgan fingerprint density at radius 1 is 0.833 bits per heavy atom. The van der Waals surface area contributed by atoms with Gasteiger partial charge in [-0.1, -0.05) is 81.1 Å². The molecule has 1 aliphatic rings. The van der Waals surface area contributed by atoms with Crippen LogP contribution in [0.1, 0.15) is 51.0 Å². The summed E-state index contributed by atoms with van der Waals surface area (Å²) in [7, 11) is 1.61. The fraction of sp³-hybridized carbons (Fsp3) is 0.360. The lowest BCUT2D eigenvalue weighted by atomic mass is 10.1. The Kier molecular flexibility index (Phi) is 8.14. The van der Waals surface area contributed by atoms with Gasteiger partial charge < -0.3 is 4.74 Å². The quantitative estimate of drug-likeness (QED) is 0.332. The van der Waals surface area contributed by atoms with E-state index >= 15 is 0 Å². The van der Waals surface area contributed by atoms with E-state index in [1.165, 1.54) is 35.9 Å². The Labute approximate surface area is 183 Å². The molecule has 2 aromatic rings. The van der Waals surface area contributed by atoms with Crippen molar-refractivity contribution >= 4 is 29.1 Å². The molecule has 1 aliphatic heterocycles. The second-order valence-electron chi connectivity index (χ2n) is 7.38. The van der Waals surface area contributed by atoms with Crippen LogP contribution in [0.25, 0.3) is 5.57 Å². The van der Waals surface area contributed by atoms with Crippen LogP contribution >= 0.6 is 11.8 Å². The average Bonchev–Trinajstić information content (AvgIpc) is 3.01. The molecule has 158 valence electrons. The van der Waals surface area contributed by atoms with E-state index in [2.05, 4.69) is 6.92 Å². The van der Waals surface area contributed by atoms with Gasteiger partial charge in [0.25, 0.3) is 11.8 Å². The Balaban J connectivity index is 1.81. The van der Waals surface area contributed by atoms with Gasteiger partial charge in [-0.05, 0) is 36.2 Å². The molecular formula is C25H29NO3S. The normalized spacial score (nSPS) is 14.0. The van der Waals surface area contributed by atoms with Crippen molar-refractivity contribution in [1.29, 1.82) is 0 Å². The molecule has 2 amide bonds. The monoisotopic (exact) mass is 423 g/mol. The van der Waals surface area contributed by atoms with E-state index in [0.29, 0.717) is 17.0 Å². The minimum Gasteiger partial charge on any atom is -0.497 e. The minimum atomic E-state index is -0.197. The Morgan fingerprint density at radius 2 is 1.50 bits per heavy atom. The van der Waals surface area contributed by atoms with E-state index in [9.17, 15) is 9.59 Å². The lowest BCUT2D eigenvalue weighted by molar-refractivity contribution is -0.136. The number of methoxy groups -OCH3 is 1. The first-order valence-electron chi connectivity index (χ1n) is 10.6. The Hall–Kier alpha value is -2.53. The maximum Gasteiger partial charge on any atom is 0.268 e. The van der Waals surface area contributed by atoms with Crippen molar-refractivity contribution < 1.29 is 14.3 Å². The molecule has 2 aromatic carbocycles. The third-order valence-electron chi connectivity index (χ3n) is 5.20. The van der Waals surface area contributed by atoms with E-state index < -0.39 is 0 Å². The maximum absolute atomic E-state index is 13.2. The van der Waals surface area contributed by atoms with Gasteiger partial charge in [-0.3, -0.25) is 14.5 Å². The van der Waals surface area contributed by atoms with Crippen molar-refractivity contribution in [3.8, 4) is 5.75 Å². The van der Waals surface area contributed by atoms with Crippen LogP contribution in [0.5, 0.6) is 5.75 Å². The molecule has 0 saturated heterocycles. The van der Waals surface area contributed by atoms with Crippen LogP contribution in [0, 0.1) is 0 Å². The Bertz CT molecular complexity index is 890. The van der Waals surface area contributed by atoms with Crippen LogP contribution in [-0.2, 0) is 9.59 Å². The second-order valence-corrected chi connectivity index (χ2v) is 8.46. The van der Waals surface area contributed by atoms with Crippen molar-refractivity contribution in [2.24, 2.45) is 0 Å². The van der Waals surface area contributed by atoms with Crippen molar-refractivity contribution in [2.75, 3.05) is 13.7 Å². The largest absolute Gasteiger partial charge is 0.497 e. The van der Waals surface area contributed by atoms with E-state index in [4.69, 9.17) is 4.74 Å². The summed E-state index contributed by atoms with van der Waals surface area (Å²) in [6, 6.07) is 17.1. The molecule has 0 unspecified atom stereocenters. The van der Waals surface area contributed by atoms with Gasteiger partial charge in [0.1, 0.15) is 5.75 Å². The average molecular weight is 424 g/mol. The van der Waals surface area contributed by atoms with Crippen LogP contribution in [0.2, 0.25) is 0 Å². The molecule has 1 heterocycles. The first-order valence-corrected chi connectivity index (χ1v) is 11.4. The minimum absolute atomic E-state index is 0.187. The highest BCUT2D eigenvalue weighted by atomic mass is 32.2. The lowest BCUT2D eigenvalue weighted by Crippen LogP contribution is -2.32. The van der Waals surface area contributed by atoms with Crippen molar-refractivity contribution in [1.82, 2.24) is 4.90 Å². The summed E-state index contributed by atoms with van der Waals surface area (Å²) >= 11 is 1.37. The number of amides is 2. The number of carbonyl (C=O) groups is 2. The fourth-order valence-electron chi connectivity index (χ4n) is 3.52. The van der Waals surface area contributed by atoms with Crippen molar-refractivity contribution in [3.05, 3.63) is 65.1 Å². The van der Waals surface area contributed by atoms with Crippen LogP contribution in [-0.4, -0.2) is 30.4 Å². The Morgan fingerprint density at radius 3 is 2.17 bits per heavy atom. The number of hydrogen-bond acceptors (Lipinski definition) is 4. The van der Waals surface area contributed by atoms with Crippen LogP contribution in [0.15, 0.2) is 64.4 Å². The lowest BCUT2D eigenvalue weighted by Gasteiger charge is -2.15. The molecule has 0 radical (unpaired) electrons. The van der Waals surface area contributed by atoms with E-state index in [1.54, 1.807) is 7.11 Å². The molecule has 0 atom stereocenters. The van der Waals surface area contributed by atoms with Gasteiger partial charge in [0, 0.05) is 11.4 Å². The number of hydrogen-bond donors (Lipinski definition) is 0. The summed E-state index contributed by atoms with van der Waals surface area (Å²) in [4.78, 5) is 29.3. The van der Waals surface area contributed by atoms with Crippen molar-refractivity contribution in [3.63, 3.8) is 0 Å². The first kappa shape index (κ1) is 22.2. The zero-order valence-electron chi connectivity index (χ0n) is 17.7. The number of imide groups is 1. The molecule has 0 fully saturated rings. The van der Waals surface area contributed by atoms with Gasteiger partial charge >= 0.3 is 0 Å². The van der Waals surface area contributed by atoms with E-state index in [0.717, 1.165) is 35.5 Å². The molecule has 0 saturated carbocycles. The predicted octanol–water partition coefficient (Wildman–Crippen LogP) is 5.93. The van der Waals surface area contributed by atoms with Crippen LogP contribution in [0.3, 0.4) is 0 Å². The molecule has 3 rings (SSSR count). The SMILES string of the molecule is CCCCCCCCN1C(=O)C(Sc2ccccc2)=C(c2ccc(OC)cc2)C1=O. The topological polar surface area (TPSA) is 46.6 Å².